The maximum atomic E-state index is 11.8. The highest BCUT2D eigenvalue weighted by atomic mass is 32.2. The Morgan fingerprint density at radius 3 is 2.50 bits per heavy atom. The van der Waals surface area contributed by atoms with Crippen molar-refractivity contribution in [2.45, 2.75) is 37.3 Å². The Kier molecular flexibility index (Phi) is 5.40. The molecule has 0 amide bonds. The number of alkyl halides is 3. The Morgan fingerprint density at radius 1 is 1.38 bits per heavy atom. The molecular weight excluding hydrogens is 243 g/mol. The van der Waals surface area contributed by atoms with Gasteiger partial charge < -0.3 is 9.94 Å². The number of nitrogens with zero attached hydrogens (tertiary/aromatic N) is 1. The zero-order valence-electron chi connectivity index (χ0n) is 8.66. The van der Waals surface area contributed by atoms with Crippen LogP contribution in [0.3, 0.4) is 0 Å². The molecule has 0 heterocycles. The van der Waals surface area contributed by atoms with Gasteiger partial charge in [0, 0.05) is 5.75 Å². The fourth-order valence-electron chi connectivity index (χ4n) is 1.56. The highest BCUT2D eigenvalue weighted by molar-refractivity contribution is 8.00. The van der Waals surface area contributed by atoms with Crippen molar-refractivity contribution in [2.75, 3.05) is 12.4 Å². The fraction of sp³-hybridized carbons (Fsp3) is 0.889. The van der Waals surface area contributed by atoms with Gasteiger partial charge in [-0.15, -0.1) is 0 Å². The van der Waals surface area contributed by atoms with Crippen LogP contribution in [0.15, 0.2) is 5.16 Å². The van der Waals surface area contributed by atoms with Crippen LogP contribution in [0, 0.1) is 0 Å². The van der Waals surface area contributed by atoms with Crippen molar-refractivity contribution in [1.82, 2.24) is 0 Å². The molecule has 1 aliphatic rings. The van der Waals surface area contributed by atoms with Gasteiger partial charge in [0.15, 0.2) is 0 Å². The first kappa shape index (κ1) is 13.6. The molecule has 1 fully saturated rings. The molecule has 0 spiro atoms. The van der Waals surface area contributed by atoms with Crippen molar-refractivity contribution in [2.24, 2.45) is 5.16 Å². The van der Waals surface area contributed by atoms with Crippen molar-refractivity contribution < 1.29 is 23.1 Å². The van der Waals surface area contributed by atoms with E-state index in [1.54, 1.807) is 0 Å². The monoisotopic (exact) mass is 257 g/mol. The molecule has 0 aromatic rings. The van der Waals surface area contributed by atoms with E-state index in [2.05, 4.69) is 5.16 Å². The van der Waals surface area contributed by atoms with Crippen LogP contribution in [0.5, 0.6) is 0 Å². The SMILES string of the molecule is ON=C1CCC(OCCSC(F)(F)F)CC1. The lowest BCUT2D eigenvalue weighted by molar-refractivity contribution is -0.0335. The molecule has 94 valence electrons. The molecule has 3 nitrogen and oxygen atoms in total. The smallest absolute Gasteiger partial charge is 0.411 e. The van der Waals surface area contributed by atoms with E-state index in [-0.39, 0.29) is 30.2 Å². The lowest BCUT2D eigenvalue weighted by atomic mass is 9.96. The molecule has 0 bridgehead atoms. The predicted molar refractivity (Wildman–Crippen MR) is 55.9 cm³/mol. The van der Waals surface area contributed by atoms with Crippen LogP contribution < -0.4 is 0 Å². The van der Waals surface area contributed by atoms with E-state index in [1.807, 2.05) is 0 Å². The minimum atomic E-state index is -4.17. The summed E-state index contributed by atoms with van der Waals surface area (Å²) in [5.41, 5.74) is -3.43. The number of ether oxygens (including phenoxy) is 1. The lowest BCUT2D eigenvalue weighted by Crippen LogP contribution is -2.23. The summed E-state index contributed by atoms with van der Waals surface area (Å²) in [4.78, 5) is 0. The van der Waals surface area contributed by atoms with Crippen LogP contribution in [0.4, 0.5) is 13.2 Å². The van der Waals surface area contributed by atoms with Crippen LogP contribution in [-0.4, -0.2) is 34.9 Å². The Bertz CT molecular complexity index is 235. The van der Waals surface area contributed by atoms with Gasteiger partial charge in [-0.25, -0.2) is 0 Å². The summed E-state index contributed by atoms with van der Waals surface area (Å²) < 4.78 is 40.7. The van der Waals surface area contributed by atoms with Crippen LogP contribution in [-0.2, 0) is 4.74 Å². The average Bonchev–Trinajstić information content (AvgIpc) is 2.24. The van der Waals surface area contributed by atoms with Gasteiger partial charge in [0.25, 0.3) is 0 Å². The number of hydrogen-bond acceptors (Lipinski definition) is 4. The zero-order valence-corrected chi connectivity index (χ0v) is 9.48. The van der Waals surface area contributed by atoms with Crippen molar-refractivity contribution >= 4 is 17.5 Å². The molecule has 0 unspecified atom stereocenters. The number of rotatable bonds is 4. The molecule has 0 aliphatic heterocycles. The van der Waals surface area contributed by atoms with Crippen molar-refractivity contribution in [3.8, 4) is 0 Å². The first-order valence-electron chi connectivity index (χ1n) is 5.03. The number of halogens is 3. The summed E-state index contributed by atoms with van der Waals surface area (Å²) in [6.07, 6.45) is 2.76. The second-order valence-corrected chi connectivity index (χ2v) is 4.69. The van der Waals surface area contributed by atoms with Crippen LogP contribution >= 0.6 is 11.8 Å². The molecule has 0 saturated heterocycles. The van der Waals surface area contributed by atoms with Gasteiger partial charge in [0.05, 0.1) is 18.4 Å². The molecule has 1 N–H and O–H groups in total. The van der Waals surface area contributed by atoms with Crippen molar-refractivity contribution in [1.29, 1.82) is 0 Å². The molecule has 1 saturated carbocycles. The van der Waals surface area contributed by atoms with Crippen LogP contribution in [0.25, 0.3) is 0 Å². The Balaban J connectivity index is 2.07. The minimum absolute atomic E-state index is 0.000617. The first-order chi connectivity index (χ1) is 7.51. The Labute approximate surface area is 96.0 Å². The average molecular weight is 257 g/mol. The normalized spacial score (nSPS) is 22.2. The number of hydrogen-bond donors (Lipinski definition) is 1. The summed E-state index contributed by atoms with van der Waals surface area (Å²) >= 11 is -0.0615. The lowest BCUT2D eigenvalue weighted by Gasteiger charge is -2.22. The molecule has 16 heavy (non-hydrogen) atoms. The fourth-order valence-corrected chi connectivity index (χ4v) is 1.97. The first-order valence-corrected chi connectivity index (χ1v) is 6.02. The van der Waals surface area contributed by atoms with E-state index in [0.717, 1.165) is 18.6 Å². The van der Waals surface area contributed by atoms with E-state index in [4.69, 9.17) is 9.94 Å². The van der Waals surface area contributed by atoms with E-state index >= 15 is 0 Å². The molecule has 0 radical (unpaired) electrons. The summed E-state index contributed by atoms with van der Waals surface area (Å²) in [5.74, 6) is -0.0685. The van der Waals surface area contributed by atoms with Crippen molar-refractivity contribution in [3.05, 3.63) is 0 Å². The third-order valence-corrected chi connectivity index (χ3v) is 3.05. The summed E-state index contributed by atoms with van der Waals surface area (Å²) in [6, 6.07) is 0. The Hall–Kier alpha value is -0.430. The molecule has 0 aromatic heterocycles. The van der Waals surface area contributed by atoms with Gasteiger partial charge in [-0.05, 0) is 37.4 Å². The molecular formula is C9H14F3NO2S. The highest BCUT2D eigenvalue weighted by Crippen LogP contribution is 2.30. The standard InChI is InChI=1S/C9H14F3NO2S/c10-9(11,12)16-6-5-15-8-3-1-7(13-14)2-4-8/h8,14H,1-6H2. The second-order valence-electron chi connectivity index (χ2n) is 3.53. The van der Waals surface area contributed by atoms with Gasteiger partial charge in [-0.3, -0.25) is 0 Å². The summed E-state index contributed by atoms with van der Waals surface area (Å²) in [5, 5.41) is 11.6. The number of thioether (sulfide) groups is 1. The summed E-state index contributed by atoms with van der Waals surface area (Å²) in [6.45, 7) is 0.112. The van der Waals surface area contributed by atoms with Crippen molar-refractivity contribution in [3.63, 3.8) is 0 Å². The zero-order chi connectivity index (χ0) is 12.0. The predicted octanol–water partition coefficient (Wildman–Crippen LogP) is 3.03. The molecule has 0 aromatic carbocycles. The van der Waals surface area contributed by atoms with E-state index in [1.165, 1.54) is 0 Å². The Morgan fingerprint density at radius 2 is 2.00 bits per heavy atom. The maximum Gasteiger partial charge on any atom is 0.441 e. The highest BCUT2D eigenvalue weighted by Gasteiger charge is 2.27. The molecule has 7 heteroatoms. The minimum Gasteiger partial charge on any atom is -0.411 e. The van der Waals surface area contributed by atoms with Gasteiger partial charge in [0.2, 0.25) is 0 Å². The summed E-state index contributed by atoms with van der Waals surface area (Å²) in [7, 11) is 0. The van der Waals surface area contributed by atoms with Crippen LogP contribution in [0.1, 0.15) is 25.7 Å². The van der Waals surface area contributed by atoms with E-state index in [0.29, 0.717) is 12.8 Å². The third kappa shape index (κ3) is 5.60. The molecule has 1 rings (SSSR count). The maximum absolute atomic E-state index is 11.8. The third-order valence-electron chi connectivity index (χ3n) is 2.35. The molecule has 1 aliphatic carbocycles. The second kappa shape index (κ2) is 6.34. The largest absolute Gasteiger partial charge is 0.441 e. The molecule has 0 atom stereocenters. The topological polar surface area (TPSA) is 41.8 Å². The van der Waals surface area contributed by atoms with Gasteiger partial charge in [-0.1, -0.05) is 5.16 Å². The number of oxime groups is 1. The quantitative estimate of drug-likeness (QED) is 0.478. The van der Waals surface area contributed by atoms with Gasteiger partial charge in [-0.2, -0.15) is 13.2 Å². The van der Waals surface area contributed by atoms with E-state index < -0.39 is 5.51 Å². The van der Waals surface area contributed by atoms with E-state index in [9.17, 15) is 13.2 Å². The van der Waals surface area contributed by atoms with Gasteiger partial charge >= 0.3 is 5.51 Å². The van der Waals surface area contributed by atoms with Gasteiger partial charge in [0.1, 0.15) is 0 Å². The van der Waals surface area contributed by atoms with Crippen LogP contribution in [0.2, 0.25) is 0 Å².